The van der Waals surface area contributed by atoms with Crippen LogP contribution in [0.2, 0.25) is 0 Å². The molecule has 0 radical (unpaired) electrons. The van der Waals surface area contributed by atoms with Crippen molar-refractivity contribution in [3.8, 4) is 22.8 Å². The van der Waals surface area contributed by atoms with Gasteiger partial charge in [0.05, 0.1) is 26.3 Å². The van der Waals surface area contributed by atoms with E-state index in [0.717, 1.165) is 16.8 Å². The van der Waals surface area contributed by atoms with Crippen LogP contribution in [0.25, 0.3) is 11.3 Å². The van der Waals surface area contributed by atoms with Crippen molar-refractivity contribution in [2.45, 2.75) is 13.3 Å². The van der Waals surface area contributed by atoms with E-state index >= 15 is 0 Å². The average molecular weight is 368 g/mol. The first kappa shape index (κ1) is 17.9. The van der Waals surface area contributed by atoms with Gasteiger partial charge < -0.3 is 14.8 Å². The lowest BCUT2D eigenvalue weighted by Gasteiger charge is -2.08. The first-order chi connectivity index (χ1) is 12.6. The van der Waals surface area contributed by atoms with E-state index in [1.165, 1.54) is 16.9 Å². The van der Waals surface area contributed by atoms with Crippen LogP contribution in [0.3, 0.4) is 0 Å². The zero-order chi connectivity index (χ0) is 18.5. The summed E-state index contributed by atoms with van der Waals surface area (Å²) in [6, 6.07) is 13.5. The van der Waals surface area contributed by atoms with Gasteiger partial charge in [0.1, 0.15) is 11.5 Å². The number of benzene rings is 2. The lowest BCUT2D eigenvalue weighted by molar-refractivity contribution is -0.115. The molecular formula is C20H20N2O3S. The predicted molar refractivity (Wildman–Crippen MR) is 104 cm³/mol. The number of nitrogens with zero attached hydrogens (tertiary/aromatic N) is 1. The van der Waals surface area contributed by atoms with E-state index in [1.807, 2.05) is 54.8 Å². The number of nitrogens with one attached hydrogen (secondary N) is 1. The maximum atomic E-state index is 12.2. The first-order valence-electron chi connectivity index (χ1n) is 8.12. The van der Waals surface area contributed by atoms with Crippen LogP contribution in [0.4, 0.5) is 5.13 Å². The van der Waals surface area contributed by atoms with E-state index in [-0.39, 0.29) is 5.91 Å². The lowest BCUT2D eigenvalue weighted by atomic mass is 10.1. The summed E-state index contributed by atoms with van der Waals surface area (Å²) in [5, 5.41) is 5.32. The lowest BCUT2D eigenvalue weighted by Crippen LogP contribution is -2.14. The van der Waals surface area contributed by atoms with Crippen molar-refractivity contribution >= 4 is 22.4 Å². The summed E-state index contributed by atoms with van der Waals surface area (Å²) in [5.74, 6) is 1.30. The average Bonchev–Trinajstić information content (AvgIpc) is 3.11. The van der Waals surface area contributed by atoms with Gasteiger partial charge >= 0.3 is 0 Å². The molecule has 0 aliphatic heterocycles. The fourth-order valence-corrected chi connectivity index (χ4v) is 3.25. The third-order valence-corrected chi connectivity index (χ3v) is 4.68. The van der Waals surface area contributed by atoms with Crippen LogP contribution >= 0.6 is 11.3 Å². The summed E-state index contributed by atoms with van der Waals surface area (Å²) < 4.78 is 10.6. The Bertz CT molecular complexity index is 904. The van der Waals surface area contributed by atoms with Gasteiger partial charge in [-0.1, -0.05) is 29.8 Å². The molecule has 0 spiro atoms. The van der Waals surface area contributed by atoms with Crippen molar-refractivity contribution < 1.29 is 14.3 Å². The number of carbonyl (C=O) groups excluding carboxylic acids is 1. The van der Waals surface area contributed by atoms with Crippen LogP contribution < -0.4 is 14.8 Å². The Morgan fingerprint density at radius 1 is 1.12 bits per heavy atom. The van der Waals surface area contributed by atoms with Crippen molar-refractivity contribution in [3.63, 3.8) is 0 Å². The zero-order valence-corrected chi connectivity index (χ0v) is 15.7. The number of amides is 1. The van der Waals surface area contributed by atoms with E-state index < -0.39 is 0 Å². The van der Waals surface area contributed by atoms with Crippen LogP contribution in [0.1, 0.15) is 11.1 Å². The molecule has 0 atom stereocenters. The number of carbonyl (C=O) groups is 1. The van der Waals surface area contributed by atoms with E-state index in [2.05, 4.69) is 10.3 Å². The molecule has 0 bridgehead atoms. The number of methoxy groups -OCH3 is 2. The summed E-state index contributed by atoms with van der Waals surface area (Å²) in [7, 11) is 3.22. The summed E-state index contributed by atoms with van der Waals surface area (Å²) >= 11 is 1.39. The standard InChI is InChI=1S/C20H20N2O3S/c1-13-4-6-14(7-5-13)10-19(23)22-20-21-17(12-26-20)16-9-8-15(24-2)11-18(16)25-3/h4-9,11-12H,10H2,1-3H3,(H,21,22,23). The number of hydrogen-bond acceptors (Lipinski definition) is 5. The first-order valence-corrected chi connectivity index (χ1v) is 9.00. The zero-order valence-electron chi connectivity index (χ0n) is 14.9. The summed E-state index contributed by atoms with van der Waals surface area (Å²) in [6.45, 7) is 2.02. The highest BCUT2D eigenvalue weighted by molar-refractivity contribution is 7.14. The fourth-order valence-electron chi connectivity index (χ4n) is 2.52. The van der Waals surface area contributed by atoms with Crippen molar-refractivity contribution in [3.05, 3.63) is 59.0 Å². The molecule has 3 aromatic rings. The molecule has 3 rings (SSSR count). The molecule has 0 fully saturated rings. The quantitative estimate of drug-likeness (QED) is 0.704. The molecule has 134 valence electrons. The number of rotatable bonds is 6. The van der Waals surface area contributed by atoms with Crippen LogP contribution in [0, 0.1) is 6.92 Å². The molecule has 1 aromatic heterocycles. The van der Waals surface area contributed by atoms with Crippen molar-refractivity contribution in [2.75, 3.05) is 19.5 Å². The largest absolute Gasteiger partial charge is 0.497 e. The minimum Gasteiger partial charge on any atom is -0.497 e. The van der Waals surface area contributed by atoms with Gasteiger partial charge in [-0.05, 0) is 24.6 Å². The SMILES string of the molecule is COc1ccc(-c2csc(NC(=O)Cc3ccc(C)cc3)n2)c(OC)c1. The van der Waals surface area contributed by atoms with Crippen LogP contribution in [0.15, 0.2) is 47.8 Å². The van der Waals surface area contributed by atoms with Crippen molar-refractivity contribution in [1.82, 2.24) is 4.98 Å². The number of ether oxygens (including phenoxy) is 2. The fraction of sp³-hybridized carbons (Fsp3) is 0.200. The molecule has 5 nitrogen and oxygen atoms in total. The Hall–Kier alpha value is -2.86. The van der Waals surface area contributed by atoms with Crippen LogP contribution in [0.5, 0.6) is 11.5 Å². The molecule has 26 heavy (non-hydrogen) atoms. The van der Waals surface area contributed by atoms with Gasteiger partial charge in [0, 0.05) is 17.0 Å². The van der Waals surface area contributed by atoms with Gasteiger partial charge in [0.2, 0.25) is 5.91 Å². The van der Waals surface area contributed by atoms with E-state index in [1.54, 1.807) is 14.2 Å². The number of thiazole rings is 1. The molecule has 1 N–H and O–H groups in total. The summed E-state index contributed by atoms with van der Waals surface area (Å²) in [4.78, 5) is 16.7. The van der Waals surface area contributed by atoms with Gasteiger partial charge in [-0.3, -0.25) is 4.79 Å². The van der Waals surface area contributed by atoms with Crippen LogP contribution in [-0.4, -0.2) is 25.1 Å². The smallest absolute Gasteiger partial charge is 0.230 e. The Morgan fingerprint density at radius 3 is 2.58 bits per heavy atom. The normalized spacial score (nSPS) is 10.4. The summed E-state index contributed by atoms with van der Waals surface area (Å²) in [5.41, 5.74) is 3.75. The van der Waals surface area contributed by atoms with Gasteiger partial charge in [0.25, 0.3) is 0 Å². The van der Waals surface area contributed by atoms with Crippen molar-refractivity contribution in [2.24, 2.45) is 0 Å². The van der Waals surface area contributed by atoms with Crippen molar-refractivity contribution in [1.29, 1.82) is 0 Å². The third kappa shape index (κ3) is 4.21. The number of anilines is 1. The highest BCUT2D eigenvalue weighted by Crippen LogP contribution is 2.34. The Labute approximate surface area is 156 Å². The molecule has 0 saturated heterocycles. The molecule has 6 heteroatoms. The second-order valence-corrected chi connectivity index (χ2v) is 6.67. The maximum absolute atomic E-state index is 12.2. The Balaban J connectivity index is 1.71. The number of aryl methyl sites for hydroxylation is 1. The van der Waals surface area contributed by atoms with E-state index in [0.29, 0.717) is 23.1 Å². The molecule has 0 aliphatic rings. The molecule has 2 aromatic carbocycles. The van der Waals surface area contributed by atoms with Gasteiger partial charge in [-0.25, -0.2) is 4.98 Å². The predicted octanol–water partition coefficient (Wildman–Crippen LogP) is 4.32. The van der Waals surface area contributed by atoms with Gasteiger partial charge in [-0.2, -0.15) is 0 Å². The van der Waals surface area contributed by atoms with E-state index in [9.17, 15) is 4.79 Å². The molecular weight excluding hydrogens is 348 g/mol. The van der Waals surface area contributed by atoms with Gasteiger partial charge in [-0.15, -0.1) is 11.3 Å². The second-order valence-electron chi connectivity index (χ2n) is 5.81. The topological polar surface area (TPSA) is 60.5 Å². The van der Waals surface area contributed by atoms with Crippen LogP contribution in [-0.2, 0) is 11.2 Å². The Morgan fingerprint density at radius 2 is 1.88 bits per heavy atom. The summed E-state index contributed by atoms with van der Waals surface area (Å²) in [6.07, 6.45) is 0.320. The highest BCUT2D eigenvalue weighted by atomic mass is 32.1. The highest BCUT2D eigenvalue weighted by Gasteiger charge is 2.13. The minimum absolute atomic E-state index is 0.0866. The molecule has 1 heterocycles. The maximum Gasteiger partial charge on any atom is 0.230 e. The number of aromatic nitrogens is 1. The molecule has 0 aliphatic carbocycles. The number of hydrogen-bond donors (Lipinski definition) is 1. The molecule has 1 amide bonds. The minimum atomic E-state index is -0.0866. The Kier molecular flexibility index (Phi) is 5.53. The second kappa shape index (κ2) is 8.01. The van der Waals surface area contributed by atoms with Gasteiger partial charge in [0.15, 0.2) is 5.13 Å². The molecule has 0 saturated carbocycles. The third-order valence-electron chi connectivity index (χ3n) is 3.92. The monoisotopic (exact) mass is 368 g/mol. The molecule has 0 unspecified atom stereocenters. The van der Waals surface area contributed by atoms with E-state index in [4.69, 9.17) is 9.47 Å².